The summed E-state index contributed by atoms with van der Waals surface area (Å²) in [6.45, 7) is 0.424. The fourth-order valence-electron chi connectivity index (χ4n) is 1.40. The van der Waals surface area contributed by atoms with E-state index in [1.807, 2.05) is 0 Å². The van der Waals surface area contributed by atoms with E-state index in [0.717, 1.165) is 5.56 Å². The van der Waals surface area contributed by atoms with Crippen LogP contribution in [0.3, 0.4) is 0 Å². The molecule has 7 heteroatoms. The molecule has 0 aliphatic carbocycles. The number of sulfonamides is 1. The first kappa shape index (κ1) is 12.5. The summed E-state index contributed by atoms with van der Waals surface area (Å²) >= 11 is 0. The van der Waals surface area contributed by atoms with Crippen LogP contribution in [0, 0.1) is 0 Å². The summed E-state index contributed by atoms with van der Waals surface area (Å²) in [5.74, 6) is 0.485. The molecule has 1 aromatic heterocycles. The van der Waals surface area contributed by atoms with Gasteiger partial charge in [0.05, 0.1) is 4.90 Å². The summed E-state index contributed by atoms with van der Waals surface area (Å²) < 4.78 is 22.4. The van der Waals surface area contributed by atoms with Gasteiger partial charge in [0.2, 0.25) is 16.0 Å². The quantitative estimate of drug-likeness (QED) is 0.848. The maximum atomic E-state index is 11.2. The standard InChI is InChI=1S/C11H12N4O2S/c12-18(16,17)10-4-1-3-9(7-10)8-15-11-13-5-2-6-14-11/h1-7H,8H2,(H2,12,16,17)(H,13,14,15). The minimum Gasteiger partial charge on any atom is -0.350 e. The van der Waals surface area contributed by atoms with Crippen LogP contribution in [-0.4, -0.2) is 18.4 Å². The molecule has 18 heavy (non-hydrogen) atoms. The van der Waals surface area contributed by atoms with Crippen LogP contribution < -0.4 is 10.5 Å². The molecule has 0 amide bonds. The van der Waals surface area contributed by atoms with Crippen molar-refractivity contribution in [1.82, 2.24) is 9.97 Å². The summed E-state index contributed by atoms with van der Waals surface area (Å²) in [5.41, 5.74) is 0.786. The van der Waals surface area contributed by atoms with Gasteiger partial charge in [-0.2, -0.15) is 0 Å². The number of nitrogens with one attached hydrogen (secondary N) is 1. The third-order valence-electron chi connectivity index (χ3n) is 2.24. The Hall–Kier alpha value is -1.99. The maximum Gasteiger partial charge on any atom is 0.238 e. The van der Waals surface area contributed by atoms with Crippen LogP contribution in [0.5, 0.6) is 0 Å². The Morgan fingerprint density at radius 2 is 1.89 bits per heavy atom. The van der Waals surface area contributed by atoms with Crippen molar-refractivity contribution < 1.29 is 8.42 Å². The molecule has 0 aliphatic heterocycles. The van der Waals surface area contributed by atoms with E-state index in [9.17, 15) is 8.42 Å². The zero-order chi connectivity index (χ0) is 13.0. The Kier molecular flexibility index (Phi) is 3.54. The molecule has 6 nitrogen and oxygen atoms in total. The molecule has 0 unspecified atom stereocenters. The SMILES string of the molecule is NS(=O)(=O)c1cccc(CNc2ncccn2)c1. The van der Waals surface area contributed by atoms with E-state index in [1.165, 1.54) is 12.1 Å². The fraction of sp³-hybridized carbons (Fsp3) is 0.0909. The minimum absolute atomic E-state index is 0.0933. The molecule has 0 atom stereocenters. The third kappa shape index (κ3) is 3.25. The van der Waals surface area contributed by atoms with Gasteiger partial charge in [-0.05, 0) is 23.8 Å². The van der Waals surface area contributed by atoms with Crippen molar-refractivity contribution in [2.75, 3.05) is 5.32 Å². The zero-order valence-electron chi connectivity index (χ0n) is 9.45. The van der Waals surface area contributed by atoms with Gasteiger partial charge in [-0.25, -0.2) is 23.5 Å². The highest BCUT2D eigenvalue weighted by Crippen LogP contribution is 2.10. The van der Waals surface area contributed by atoms with E-state index in [1.54, 1.807) is 30.6 Å². The number of anilines is 1. The van der Waals surface area contributed by atoms with Gasteiger partial charge in [-0.1, -0.05) is 12.1 Å². The number of nitrogens with two attached hydrogens (primary N) is 1. The summed E-state index contributed by atoms with van der Waals surface area (Å²) in [4.78, 5) is 8.09. The lowest BCUT2D eigenvalue weighted by atomic mass is 10.2. The van der Waals surface area contributed by atoms with Gasteiger partial charge in [0.15, 0.2) is 0 Å². The van der Waals surface area contributed by atoms with Crippen molar-refractivity contribution in [3.63, 3.8) is 0 Å². The van der Waals surface area contributed by atoms with E-state index >= 15 is 0 Å². The van der Waals surface area contributed by atoms with Gasteiger partial charge < -0.3 is 5.32 Å². The molecule has 0 saturated heterocycles. The number of hydrogen-bond donors (Lipinski definition) is 2. The average molecular weight is 264 g/mol. The van der Waals surface area contributed by atoms with Crippen molar-refractivity contribution in [1.29, 1.82) is 0 Å². The molecule has 0 saturated carbocycles. The molecule has 0 bridgehead atoms. The Morgan fingerprint density at radius 3 is 2.56 bits per heavy atom. The zero-order valence-corrected chi connectivity index (χ0v) is 10.3. The van der Waals surface area contributed by atoms with Gasteiger partial charge in [0.25, 0.3) is 0 Å². The van der Waals surface area contributed by atoms with E-state index in [4.69, 9.17) is 5.14 Å². The van der Waals surface area contributed by atoms with Crippen LogP contribution in [0.15, 0.2) is 47.6 Å². The van der Waals surface area contributed by atoms with Crippen molar-refractivity contribution in [2.24, 2.45) is 5.14 Å². The highest BCUT2D eigenvalue weighted by molar-refractivity contribution is 7.89. The Bertz CT molecular complexity index is 629. The van der Waals surface area contributed by atoms with Crippen molar-refractivity contribution in [3.8, 4) is 0 Å². The predicted molar refractivity (Wildman–Crippen MR) is 67.2 cm³/mol. The highest BCUT2D eigenvalue weighted by atomic mass is 32.2. The van der Waals surface area contributed by atoms with Gasteiger partial charge in [0.1, 0.15) is 0 Å². The minimum atomic E-state index is -3.67. The highest BCUT2D eigenvalue weighted by Gasteiger charge is 2.07. The summed E-state index contributed by atoms with van der Waals surface area (Å²) in [6.07, 6.45) is 3.24. The summed E-state index contributed by atoms with van der Waals surface area (Å²) in [6, 6.07) is 8.13. The molecule has 0 radical (unpaired) electrons. The lowest BCUT2D eigenvalue weighted by Gasteiger charge is -2.05. The van der Waals surface area contributed by atoms with Crippen molar-refractivity contribution in [3.05, 3.63) is 48.3 Å². The number of aromatic nitrogens is 2. The van der Waals surface area contributed by atoms with Crippen LogP contribution in [0.25, 0.3) is 0 Å². The number of rotatable bonds is 4. The molecule has 2 aromatic rings. The van der Waals surface area contributed by atoms with E-state index in [-0.39, 0.29) is 4.90 Å². The Labute approximate surface area is 105 Å². The van der Waals surface area contributed by atoms with Gasteiger partial charge in [-0.3, -0.25) is 0 Å². The Morgan fingerprint density at radius 1 is 1.17 bits per heavy atom. The predicted octanol–water partition coefficient (Wildman–Crippen LogP) is 0.736. The largest absolute Gasteiger partial charge is 0.350 e. The molecule has 1 aromatic carbocycles. The van der Waals surface area contributed by atoms with Crippen LogP contribution in [0.4, 0.5) is 5.95 Å². The number of primary sulfonamides is 1. The topological polar surface area (TPSA) is 98.0 Å². The first-order chi connectivity index (χ1) is 8.55. The van der Waals surface area contributed by atoms with Crippen molar-refractivity contribution in [2.45, 2.75) is 11.4 Å². The van der Waals surface area contributed by atoms with Gasteiger partial charge >= 0.3 is 0 Å². The van der Waals surface area contributed by atoms with Crippen LogP contribution in [0.1, 0.15) is 5.56 Å². The first-order valence-electron chi connectivity index (χ1n) is 5.18. The molecule has 0 aliphatic rings. The van der Waals surface area contributed by atoms with Gasteiger partial charge in [-0.15, -0.1) is 0 Å². The number of hydrogen-bond acceptors (Lipinski definition) is 5. The Balaban J connectivity index is 2.11. The van der Waals surface area contributed by atoms with E-state index < -0.39 is 10.0 Å². The summed E-state index contributed by atoms with van der Waals surface area (Å²) in [7, 11) is -3.67. The monoisotopic (exact) mass is 264 g/mol. The lowest BCUT2D eigenvalue weighted by molar-refractivity contribution is 0.597. The molecule has 94 valence electrons. The molecular formula is C11H12N4O2S. The fourth-order valence-corrected chi connectivity index (χ4v) is 1.99. The van der Waals surface area contributed by atoms with E-state index in [2.05, 4.69) is 15.3 Å². The first-order valence-corrected chi connectivity index (χ1v) is 6.73. The number of benzene rings is 1. The average Bonchev–Trinajstić information content (AvgIpc) is 2.37. The molecular weight excluding hydrogens is 252 g/mol. The maximum absolute atomic E-state index is 11.2. The second kappa shape index (κ2) is 5.11. The molecule has 2 rings (SSSR count). The second-order valence-electron chi connectivity index (χ2n) is 3.62. The summed E-state index contributed by atoms with van der Waals surface area (Å²) in [5, 5.41) is 8.04. The molecule has 3 N–H and O–H groups in total. The lowest BCUT2D eigenvalue weighted by Crippen LogP contribution is -2.12. The van der Waals surface area contributed by atoms with Crippen LogP contribution >= 0.6 is 0 Å². The second-order valence-corrected chi connectivity index (χ2v) is 5.18. The van der Waals surface area contributed by atoms with Crippen LogP contribution in [-0.2, 0) is 16.6 Å². The molecule has 0 spiro atoms. The van der Waals surface area contributed by atoms with E-state index in [0.29, 0.717) is 12.5 Å². The van der Waals surface area contributed by atoms with Gasteiger partial charge in [0, 0.05) is 18.9 Å². The normalized spacial score (nSPS) is 11.2. The van der Waals surface area contributed by atoms with Crippen LogP contribution in [0.2, 0.25) is 0 Å². The smallest absolute Gasteiger partial charge is 0.238 e. The third-order valence-corrected chi connectivity index (χ3v) is 3.15. The van der Waals surface area contributed by atoms with Crippen molar-refractivity contribution >= 4 is 16.0 Å². The molecule has 1 heterocycles. The number of nitrogens with zero attached hydrogens (tertiary/aromatic N) is 2. The molecule has 0 fully saturated rings.